The van der Waals surface area contributed by atoms with E-state index < -0.39 is 18.1 Å². The summed E-state index contributed by atoms with van der Waals surface area (Å²) in [6, 6.07) is 0. The molecule has 0 aromatic rings. The fourth-order valence-electron chi connectivity index (χ4n) is 6.19. The minimum absolute atomic E-state index is 0.333. The van der Waals surface area contributed by atoms with Gasteiger partial charge in [0, 0.05) is 19.8 Å². The molecule has 0 rings (SSSR count). The number of nitrogens with two attached hydrogens (primary N) is 1. The van der Waals surface area contributed by atoms with E-state index in [0.717, 1.165) is 25.8 Å². The highest BCUT2D eigenvalue weighted by Gasteiger charge is 2.28. The topological polar surface area (TPSA) is 74.0 Å². The zero-order valence-electron chi connectivity index (χ0n) is 34.0. The van der Waals surface area contributed by atoms with Gasteiger partial charge in [0.05, 0.1) is 13.2 Å². The molecule has 0 radical (unpaired) electrons. The number of likely N-dealkylation sites (N-methyl/N-ethyl adjacent to an activating group) is 1. The molecule has 0 aromatic heterocycles. The Bertz CT molecular complexity index is 742. The Kier molecular flexibility index (Phi) is 39.6. The Labute approximate surface area is 312 Å². The highest BCUT2D eigenvalue weighted by atomic mass is 16.6. The molecule has 6 heteroatoms. The Morgan fingerprint density at radius 1 is 0.520 bits per heavy atom. The Hall–Kier alpha value is -1.21. The summed E-state index contributed by atoms with van der Waals surface area (Å²) < 4.78 is 18.1. The quantitative estimate of drug-likeness (QED) is 0.0506. The molecule has 1 amide bonds. The van der Waals surface area contributed by atoms with Crippen molar-refractivity contribution in [3.05, 3.63) is 24.3 Å². The van der Waals surface area contributed by atoms with Gasteiger partial charge in [0.2, 0.25) is 5.91 Å². The summed E-state index contributed by atoms with van der Waals surface area (Å²) in [5.74, 6) is -0.467. The molecule has 0 saturated carbocycles. The number of rotatable bonds is 41. The van der Waals surface area contributed by atoms with E-state index in [1.807, 2.05) is 14.1 Å². The van der Waals surface area contributed by atoms with Crippen LogP contribution in [0.1, 0.15) is 194 Å². The second-order valence-electron chi connectivity index (χ2n) is 14.9. The smallest absolute Gasteiger partial charge is 0.249 e. The van der Waals surface area contributed by atoms with Crippen LogP contribution in [0.2, 0.25) is 0 Å². The second kappa shape index (κ2) is 40.6. The van der Waals surface area contributed by atoms with Crippen LogP contribution in [0, 0.1) is 0 Å². The summed E-state index contributed by atoms with van der Waals surface area (Å²) in [5.41, 5.74) is 5.79. The van der Waals surface area contributed by atoms with E-state index >= 15 is 0 Å². The molecule has 0 fully saturated rings. The molecule has 0 saturated heterocycles. The van der Waals surface area contributed by atoms with Crippen molar-refractivity contribution in [2.75, 3.05) is 47.1 Å². The number of ether oxygens (including phenoxy) is 3. The predicted molar refractivity (Wildman–Crippen MR) is 217 cm³/mol. The van der Waals surface area contributed by atoms with Crippen molar-refractivity contribution >= 4 is 5.91 Å². The number of unbranched alkanes of at least 4 members (excludes halogenated alkanes) is 24. The van der Waals surface area contributed by atoms with Gasteiger partial charge in [-0.2, -0.15) is 0 Å². The molecule has 0 aliphatic carbocycles. The molecular formula is C44H86N2O4. The van der Waals surface area contributed by atoms with Crippen molar-refractivity contribution in [3.63, 3.8) is 0 Å². The van der Waals surface area contributed by atoms with Gasteiger partial charge in [-0.3, -0.25) is 4.79 Å². The van der Waals surface area contributed by atoms with Gasteiger partial charge in [-0.25, -0.2) is 0 Å². The molecule has 2 atom stereocenters. The summed E-state index contributed by atoms with van der Waals surface area (Å²) in [6.45, 7) is 7.36. The van der Waals surface area contributed by atoms with E-state index in [1.165, 1.54) is 161 Å². The van der Waals surface area contributed by atoms with Crippen LogP contribution in [0.15, 0.2) is 24.3 Å². The van der Waals surface area contributed by atoms with E-state index in [0.29, 0.717) is 26.4 Å². The summed E-state index contributed by atoms with van der Waals surface area (Å²) in [4.78, 5) is 14.4. The number of primary amides is 1. The Balaban J connectivity index is 4.03. The van der Waals surface area contributed by atoms with Crippen LogP contribution in [-0.4, -0.2) is 70.1 Å². The second-order valence-corrected chi connectivity index (χ2v) is 14.9. The number of carbonyl (C=O) groups is 1. The maximum Gasteiger partial charge on any atom is 0.249 e. The summed E-state index contributed by atoms with van der Waals surface area (Å²) in [6.07, 6.45) is 44.1. The third kappa shape index (κ3) is 36.6. The van der Waals surface area contributed by atoms with Crippen LogP contribution in [0.4, 0.5) is 0 Å². The van der Waals surface area contributed by atoms with Gasteiger partial charge in [0.15, 0.2) is 6.10 Å². The molecule has 6 nitrogen and oxygen atoms in total. The zero-order valence-corrected chi connectivity index (χ0v) is 34.0. The lowest BCUT2D eigenvalue weighted by Gasteiger charge is -2.26. The van der Waals surface area contributed by atoms with Gasteiger partial charge in [-0.05, 0) is 78.3 Å². The van der Waals surface area contributed by atoms with Crippen molar-refractivity contribution in [1.29, 1.82) is 0 Å². The van der Waals surface area contributed by atoms with Gasteiger partial charge >= 0.3 is 0 Å². The van der Waals surface area contributed by atoms with Crippen LogP contribution in [0.3, 0.4) is 0 Å². The lowest BCUT2D eigenvalue weighted by molar-refractivity contribution is -0.148. The maximum atomic E-state index is 12.4. The Morgan fingerprint density at radius 3 is 1.30 bits per heavy atom. The van der Waals surface area contributed by atoms with E-state index in [1.54, 1.807) is 0 Å². The molecule has 0 aliphatic heterocycles. The predicted octanol–water partition coefficient (Wildman–Crippen LogP) is 11.9. The molecule has 0 aromatic carbocycles. The first-order valence-corrected chi connectivity index (χ1v) is 21.6. The highest BCUT2D eigenvalue weighted by Crippen LogP contribution is 2.13. The molecule has 50 heavy (non-hydrogen) atoms. The van der Waals surface area contributed by atoms with Gasteiger partial charge in [0.1, 0.15) is 6.10 Å². The molecule has 296 valence electrons. The molecule has 0 bridgehead atoms. The molecule has 0 heterocycles. The van der Waals surface area contributed by atoms with Crippen molar-refractivity contribution in [2.24, 2.45) is 5.73 Å². The van der Waals surface area contributed by atoms with Crippen molar-refractivity contribution in [1.82, 2.24) is 4.90 Å². The molecular weight excluding hydrogens is 620 g/mol. The average Bonchev–Trinajstić information content (AvgIpc) is 3.09. The van der Waals surface area contributed by atoms with Crippen molar-refractivity contribution in [2.45, 2.75) is 206 Å². The van der Waals surface area contributed by atoms with Crippen molar-refractivity contribution < 1.29 is 19.0 Å². The largest absolute Gasteiger partial charge is 0.379 e. The number of nitrogens with zero attached hydrogens (tertiary/aromatic N) is 1. The lowest BCUT2D eigenvalue weighted by Crippen LogP contribution is -2.46. The van der Waals surface area contributed by atoms with Gasteiger partial charge in [0.25, 0.3) is 0 Å². The summed E-state index contributed by atoms with van der Waals surface area (Å²) in [5, 5.41) is 0. The molecule has 2 unspecified atom stereocenters. The average molecular weight is 707 g/mol. The fraction of sp³-hybridized carbons (Fsp3) is 0.886. The van der Waals surface area contributed by atoms with Gasteiger partial charge in [-0.15, -0.1) is 0 Å². The lowest BCUT2D eigenvalue weighted by atomic mass is 10.1. The molecule has 0 aliphatic rings. The van der Waals surface area contributed by atoms with Gasteiger partial charge < -0.3 is 24.8 Å². The number of allylic oxidation sites excluding steroid dienone is 4. The van der Waals surface area contributed by atoms with E-state index in [2.05, 4.69) is 43.1 Å². The van der Waals surface area contributed by atoms with Crippen LogP contribution in [0.25, 0.3) is 0 Å². The third-order valence-electron chi connectivity index (χ3n) is 9.52. The van der Waals surface area contributed by atoms with E-state index in [4.69, 9.17) is 19.9 Å². The Morgan fingerprint density at radius 2 is 0.900 bits per heavy atom. The fourth-order valence-corrected chi connectivity index (χ4v) is 6.19. The highest BCUT2D eigenvalue weighted by molar-refractivity contribution is 5.79. The number of amides is 1. The van der Waals surface area contributed by atoms with Crippen molar-refractivity contribution in [3.8, 4) is 0 Å². The zero-order chi connectivity index (χ0) is 36.6. The standard InChI is InChI=1S/C44H86N2O4/c1-5-7-9-11-13-15-17-19-21-23-25-27-29-31-33-35-38-48-41-42(49-40-37-46(3)4)43(44(45)47)50-39-36-34-32-30-28-26-24-22-20-18-16-14-12-10-8-6-2/h19-22,42-43H,5-18,23-41H2,1-4H3,(H2,45,47)/b21-19-,22-20-. The maximum absolute atomic E-state index is 12.4. The number of carbonyl (C=O) groups excluding carboxylic acids is 1. The minimum Gasteiger partial charge on any atom is -0.379 e. The first kappa shape index (κ1) is 48.8. The molecule has 0 spiro atoms. The SMILES string of the molecule is CCCCCCCC/C=C\CCCCCCCCOCC(OCCN(C)C)C(OCCCCCCCC/C=C\CCCCCCCC)C(N)=O. The minimum atomic E-state index is -0.778. The van der Waals surface area contributed by atoms with Gasteiger partial charge in [-0.1, -0.05) is 154 Å². The van der Waals surface area contributed by atoms with Crippen LogP contribution >= 0.6 is 0 Å². The number of hydrogen-bond acceptors (Lipinski definition) is 5. The summed E-state index contributed by atoms with van der Waals surface area (Å²) in [7, 11) is 4.03. The van der Waals surface area contributed by atoms with Crippen LogP contribution in [-0.2, 0) is 19.0 Å². The first-order valence-electron chi connectivity index (χ1n) is 21.6. The summed E-state index contributed by atoms with van der Waals surface area (Å²) >= 11 is 0. The normalized spacial score (nSPS) is 13.3. The third-order valence-corrected chi connectivity index (χ3v) is 9.52. The monoisotopic (exact) mass is 707 g/mol. The molecule has 2 N–H and O–H groups in total. The van der Waals surface area contributed by atoms with Crippen LogP contribution < -0.4 is 5.73 Å². The van der Waals surface area contributed by atoms with E-state index in [-0.39, 0.29) is 0 Å². The number of hydrogen-bond donors (Lipinski definition) is 1. The van der Waals surface area contributed by atoms with E-state index in [9.17, 15) is 4.79 Å². The van der Waals surface area contributed by atoms with Crippen LogP contribution in [0.5, 0.6) is 0 Å². The first-order chi connectivity index (χ1) is 24.5.